The number of carbonyl (C=O) groups is 1. The minimum Gasteiger partial charge on any atom is -0.481 e. The summed E-state index contributed by atoms with van der Waals surface area (Å²) in [7, 11) is 3.25. The molecule has 7 nitrogen and oxygen atoms in total. The van der Waals surface area contributed by atoms with E-state index in [-0.39, 0.29) is 26.4 Å². The molecule has 0 aliphatic heterocycles. The van der Waals surface area contributed by atoms with Crippen molar-refractivity contribution in [3.63, 3.8) is 0 Å². The van der Waals surface area contributed by atoms with Crippen molar-refractivity contribution in [2.24, 2.45) is 0 Å². The fourth-order valence-corrected chi connectivity index (χ4v) is 0. The molecule has 0 bridgehead atoms. The van der Waals surface area contributed by atoms with Gasteiger partial charge in [0.15, 0.2) is 0 Å². The van der Waals surface area contributed by atoms with Gasteiger partial charge in [0.2, 0.25) is 0 Å². The number of aliphatic hydroxyl groups is 4. The summed E-state index contributed by atoms with van der Waals surface area (Å²) in [6, 6.07) is 0. The second-order valence-electron chi connectivity index (χ2n) is 1.82. The van der Waals surface area contributed by atoms with Gasteiger partial charge in [0.25, 0.3) is 5.97 Å². The van der Waals surface area contributed by atoms with Crippen molar-refractivity contribution in [1.82, 2.24) is 0 Å². The summed E-state index contributed by atoms with van der Waals surface area (Å²) >= 11 is 0. The van der Waals surface area contributed by atoms with Crippen molar-refractivity contribution in [2.45, 2.75) is 6.92 Å². The normalized spacial score (nSPS) is 6.87. The highest BCUT2D eigenvalue weighted by Crippen LogP contribution is 1.42. The van der Waals surface area contributed by atoms with E-state index in [0.29, 0.717) is 0 Å². The van der Waals surface area contributed by atoms with E-state index in [1.165, 1.54) is 0 Å². The van der Waals surface area contributed by atoms with Gasteiger partial charge in [0.1, 0.15) is 0 Å². The molecule has 0 aromatic carbocycles. The third kappa shape index (κ3) is 1040. The smallest absolute Gasteiger partial charge is 0.300 e. The predicted octanol–water partition coefficient (Wildman–Crippen LogP) is -1.70. The van der Waals surface area contributed by atoms with E-state index in [1.54, 1.807) is 14.2 Å². The number of hydrogen-bond acceptors (Lipinski definition) is 6. The van der Waals surface area contributed by atoms with Gasteiger partial charge in [-0.2, -0.15) is 0 Å². The highest BCUT2D eigenvalue weighted by molar-refractivity contribution is 5.62. The SMILES string of the molecule is CC(=O)O.COC.OCCO.OCCO. The number of aliphatic carboxylic acids is 1. The minimum absolute atomic E-state index is 0.125. The van der Waals surface area contributed by atoms with E-state index >= 15 is 0 Å². The summed E-state index contributed by atoms with van der Waals surface area (Å²) in [5, 5.41) is 37.9. The Morgan fingerprint density at radius 1 is 0.933 bits per heavy atom. The third-order valence-electron chi connectivity index (χ3n) is 0.200. The summed E-state index contributed by atoms with van der Waals surface area (Å²) in [4.78, 5) is 9.00. The fraction of sp³-hybridized carbons (Fsp3) is 0.875. The van der Waals surface area contributed by atoms with Crippen LogP contribution in [0.3, 0.4) is 0 Å². The number of methoxy groups -OCH3 is 1. The Bertz CT molecular complexity index is 75.1. The molecule has 0 aliphatic carbocycles. The van der Waals surface area contributed by atoms with E-state index in [4.69, 9.17) is 30.3 Å². The van der Waals surface area contributed by atoms with Crippen molar-refractivity contribution < 1.29 is 35.1 Å². The van der Waals surface area contributed by atoms with Crippen LogP contribution in [-0.4, -0.2) is 72.1 Å². The lowest BCUT2D eigenvalue weighted by Crippen LogP contribution is -1.85. The molecule has 5 N–H and O–H groups in total. The number of aliphatic hydroxyl groups excluding tert-OH is 4. The predicted molar refractivity (Wildman–Crippen MR) is 54.6 cm³/mol. The average Bonchev–Trinajstić information content (AvgIpc) is 2.18. The molecule has 96 valence electrons. The zero-order valence-corrected chi connectivity index (χ0v) is 9.38. The van der Waals surface area contributed by atoms with E-state index in [1.807, 2.05) is 0 Å². The monoisotopic (exact) mass is 230 g/mol. The fourth-order valence-electron chi connectivity index (χ4n) is 0. The van der Waals surface area contributed by atoms with Crippen LogP contribution in [0.25, 0.3) is 0 Å². The van der Waals surface area contributed by atoms with Crippen molar-refractivity contribution in [2.75, 3.05) is 40.6 Å². The van der Waals surface area contributed by atoms with E-state index < -0.39 is 5.97 Å². The largest absolute Gasteiger partial charge is 0.481 e. The Kier molecular flexibility index (Phi) is 60.0. The maximum atomic E-state index is 9.00. The van der Waals surface area contributed by atoms with E-state index in [2.05, 4.69) is 4.74 Å². The summed E-state index contributed by atoms with van der Waals surface area (Å²) < 4.78 is 4.25. The molecule has 0 aromatic rings. The van der Waals surface area contributed by atoms with Crippen LogP contribution < -0.4 is 0 Å². The number of carboxylic acids is 1. The average molecular weight is 230 g/mol. The van der Waals surface area contributed by atoms with Gasteiger partial charge in [0, 0.05) is 21.1 Å². The molecule has 0 heterocycles. The van der Waals surface area contributed by atoms with Crippen molar-refractivity contribution in [3.05, 3.63) is 0 Å². The summed E-state index contributed by atoms with van der Waals surface area (Å²) in [6.07, 6.45) is 0. The van der Waals surface area contributed by atoms with Gasteiger partial charge in [-0.1, -0.05) is 0 Å². The number of carboxylic acid groups (broad SMARTS) is 1. The minimum atomic E-state index is -0.833. The highest BCUT2D eigenvalue weighted by atomic mass is 16.4. The zero-order valence-electron chi connectivity index (χ0n) is 9.38. The standard InChI is InChI=1S/C2H4O2.2C2H6O2.C2H6O/c1-2(3)4;2*3-1-2-4;1-3-2/h1H3,(H,3,4);2*3-4H,1-2H2;1-2H3. The van der Waals surface area contributed by atoms with Gasteiger partial charge in [-0.05, 0) is 0 Å². The van der Waals surface area contributed by atoms with Crippen molar-refractivity contribution >= 4 is 5.97 Å². The Morgan fingerprint density at radius 3 is 1.00 bits per heavy atom. The van der Waals surface area contributed by atoms with Crippen LogP contribution in [0.5, 0.6) is 0 Å². The van der Waals surface area contributed by atoms with Crippen LogP contribution in [0.4, 0.5) is 0 Å². The van der Waals surface area contributed by atoms with E-state index in [9.17, 15) is 0 Å². The van der Waals surface area contributed by atoms with Gasteiger partial charge in [-0.25, -0.2) is 0 Å². The Balaban J connectivity index is -0.0000000542. The highest BCUT2D eigenvalue weighted by Gasteiger charge is 1.65. The van der Waals surface area contributed by atoms with Crippen LogP contribution >= 0.6 is 0 Å². The first-order valence-corrected chi connectivity index (χ1v) is 4.01. The lowest BCUT2D eigenvalue weighted by atomic mass is 10.8. The first-order valence-electron chi connectivity index (χ1n) is 4.01. The molecule has 15 heavy (non-hydrogen) atoms. The van der Waals surface area contributed by atoms with Crippen molar-refractivity contribution in [1.29, 1.82) is 0 Å². The second kappa shape index (κ2) is 37.8. The number of ether oxygens (including phenoxy) is 1. The number of rotatable bonds is 2. The molecule has 7 heteroatoms. The summed E-state index contributed by atoms with van der Waals surface area (Å²) in [6.45, 7) is 0.583. The Labute approximate surface area is 89.6 Å². The summed E-state index contributed by atoms with van der Waals surface area (Å²) in [5.41, 5.74) is 0. The lowest BCUT2D eigenvalue weighted by molar-refractivity contribution is -0.134. The maximum Gasteiger partial charge on any atom is 0.300 e. The molecule has 0 spiro atoms. The molecule has 0 radical (unpaired) electrons. The Hall–Kier alpha value is -0.730. The molecule has 0 amide bonds. The first-order chi connectivity index (χ1) is 6.97. The van der Waals surface area contributed by atoms with Gasteiger partial charge in [-0.3, -0.25) is 4.79 Å². The third-order valence-corrected chi connectivity index (χ3v) is 0.200. The van der Waals surface area contributed by atoms with Crippen molar-refractivity contribution in [3.8, 4) is 0 Å². The lowest BCUT2D eigenvalue weighted by Gasteiger charge is -1.70. The maximum absolute atomic E-state index is 9.00. The second-order valence-corrected chi connectivity index (χ2v) is 1.82. The molecule has 0 saturated heterocycles. The van der Waals surface area contributed by atoms with Gasteiger partial charge in [-0.15, -0.1) is 0 Å². The molecule has 0 saturated carbocycles. The molecular weight excluding hydrogens is 208 g/mol. The zero-order chi connectivity index (χ0) is 13.1. The Morgan fingerprint density at radius 2 is 1.00 bits per heavy atom. The molecule has 0 aromatic heterocycles. The van der Waals surface area contributed by atoms with Crippen LogP contribution in [-0.2, 0) is 9.53 Å². The summed E-state index contributed by atoms with van der Waals surface area (Å²) in [5.74, 6) is -0.833. The van der Waals surface area contributed by atoms with E-state index in [0.717, 1.165) is 6.92 Å². The van der Waals surface area contributed by atoms with Gasteiger partial charge in [0.05, 0.1) is 26.4 Å². The van der Waals surface area contributed by atoms with Crippen LogP contribution in [0.15, 0.2) is 0 Å². The molecular formula is C8H22O7. The van der Waals surface area contributed by atoms with Crippen LogP contribution in [0.2, 0.25) is 0 Å². The topological polar surface area (TPSA) is 127 Å². The van der Waals surface area contributed by atoms with Gasteiger partial charge < -0.3 is 30.3 Å². The van der Waals surface area contributed by atoms with Crippen LogP contribution in [0, 0.1) is 0 Å². The molecule has 0 fully saturated rings. The van der Waals surface area contributed by atoms with Crippen LogP contribution in [0.1, 0.15) is 6.92 Å². The molecule has 0 atom stereocenters. The molecule has 0 unspecified atom stereocenters. The number of hydrogen-bond donors (Lipinski definition) is 5. The molecule has 0 aliphatic rings. The first kappa shape index (κ1) is 23.8. The molecule has 0 rings (SSSR count). The van der Waals surface area contributed by atoms with Gasteiger partial charge >= 0.3 is 0 Å². The quantitative estimate of drug-likeness (QED) is 0.382.